The molecular formula is C21H17F4NO3S. The van der Waals surface area contributed by atoms with Crippen LogP contribution in [0, 0.1) is 12.7 Å². The fraction of sp³-hybridized carbons (Fsp3) is 0.238. The normalized spacial score (nSPS) is 11.4. The maximum Gasteiger partial charge on any atom is 0.416 e. The van der Waals surface area contributed by atoms with Gasteiger partial charge in [0.2, 0.25) is 0 Å². The third-order valence-electron chi connectivity index (χ3n) is 4.28. The van der Waals surface area contributed by atoms with E-state index in [1.807, 2.05) is 0 Å². The summed E-state index contributed by atoms with van der Waals surface area (Å²) in [6.07, 6.45) is -4.44. The summed E-state index contributed by atoms with van der Waals surface area (Å²) in [5, 5.41) is 0.550. The number of ether oxygens (including phenoxy) is 2. The van der Waals surface area contributed by atoms with Crippen molar-refractivity contribution in [2.75, 3.05) is 7.11 Å². The number of benzene rings is 2. The van der Waals surface area contributed by atoms with Gasteiger partial charge in [-0.2, -0.15) is 13.2 Å². The molecule has 3 aromatic rings. The SMILES string of the molecule is COC(=O)Cc1ccc(OCc2sc(-c3ccc(C(F)(F)F)cc3)nc2C)c(F)c1. The van der Waals surface area contributed by atoms with Crippen molar-refractivity contribution in [2.24, 2.45) is 0 Å². The first-order valence-electron chi connectivity index (χ1n) is 8.79. The van der Waals surface area contributed by atoms with Gasteiger partial charge in [-0.3, -0.25) is 4.79 Å². The molecule has 0 aliphatic heterocycles. The van der Waals surface area contributed by atoms with Crippen molar-refractivity contribution >= 4 is 17.3 Å². The minimum absolute atomic E-state index is 0.0208. The van der Waals surface area contributed by atoms with Crippen LogP contribution in [0.2, 0.25) is 0 Å². The first-order valence-corrected chi connectivity index (χ1v) is 9.61. The molecule has 3 rings (SSSR count). The number of esters is 1. The lowest BCUT2D eigenvalue weighted by Crippen LogP contribution is -2.05. The van der Waals surface area contributed by atoms with Crippen molar-refractivity contribution in [3.63, 3.8) is 0 Å². The van der Waals surface area contributed by atoms with Crippen LogP contribution < -0.4 is 4.74 Å². The second-order valence-electron chi connectivity index (χ2n) is 6.41. The van der Waals surface area contributed by atoms with Crippen molar-refractivity contribution in [1.82, 2.24) is 4.98 Å². The smallest absolute Gasteiger partial charge is 0.416 e. The molecule has 9 heteroatoms. The van der Waals surface area contributed by atoms with Gasteiger partial charge in [0.05, 0.1) is 29.7 Å². The zero-order chi connectivity index (χ0) is 21.9. The third kappa shape index (κ3) is 5.15. The van der Waals surface area contributed by atoms with Crippen molar-refractivity contribution in [3.05, 3.63) is 70.0 Å². The Kier molecular flexibility index (Phi) is 6.40. The van der Waals surface area contributed by atoms with Gasteiger partial charge in [0.1, 0.15) is 11.6 Å². The Morgan fingerprint density at radius 1 is 1.13 bits per heavy atom. The fourth-order valence-corrected chi connectivity index (χ4v) is 3.62. The minimum Gasteiger partial charge on any atom is -0.485 e. The van der Waals surface area contributed by atoms with Gasteiger partial charge in [0.25, 0.3) is 0 Å². The maximum absolute atomic E-state index is 14.2. The Morgan fingerprint density at radius 2 is 1.83 bits per heavy atom. The number of carbonyl (C=O) groups excluding carboxylic acids is 1. The summed E-state index contributed by atoms with van der Waals surface area (Å²) >= 11 is 1.26. The van der Waals surface area contributed by atoms with Crippen molar-refractivity contribution in [3.8, 4) is 16.3 Å². The second-order valence-corrected chi connectivity index (χ2v) is 7.49. The molecule has 158 valence electrons. The van der Waals surface area contributed by atoms with Crippen LogP contribution in [0.5, 0.6) is 5.75 Å². The van der Waals surface area contributed by atoms with E-state index in [1.54, 1.807) is 13.0 Å². The zero-order valence-electron chi connectivity index (χ0n) is 16.0. The number of aromatic nitrogens is 1. The van der Waals surface area contributed by atoms with E-state index < -0.39 is 23.5 Å². The molecule has 0 amide bonds. The molecule has 0 bridgehead atoms. The quantitative estimate of drug-likeness (QED) is 0.372. The zero-order valence-corrected chi connectivity index (χ0v) is 16.9. The largest absolute Gasteiger partial charge is 0.485 e. The summed E-state index contributed by atoms with van der Waals surface area (Å²) in [6.45, 7) is 1.80. The number of halogens is 4. The van der Waals surface area contributed by atoms with Crippen LogP contribution in [0.15, 0.2) is 42.5 Å². The van der Waals surface area contributed by atoms with E-state index in [4.69, 9.17) is 4.74 Å². The molecule has 0 aliphatic carbocycles. The number of hydrogen-bond acceptors (Lipinski definition) is 5. The van der Waals surface area contributed by atoms with Gasteiger partial charge in [-0.25, -0.2) is 9.37 Å². The highest BCUT2D eigenvalue weighted by molar-refractivity contribution is 7.15. The number of carbonyl (C=O) groups is 1. The predicted octanol–water partition coefficient (Wildman–Crippen LogP) is 5.57. The molecule has 0 radical (unpaired) electrons. The monoisotopic (exact) mass is 439 g/mol. The number of aryl methyl sites for hydroxylation is 1. The molecule has 0 spiro atoms. The van der Waals surface area contributed by atoms with E-state index in [0.29, 0.717) is 21.8 Å². The van der Waals surface area contributed by atoms with E-state index in [-0.39, 0.29) is 18.8 Å². The Labute approximate surface area is 174 Å². The van der Waals surface area contributed by atoms with Crippen LogP contribution in [0.1, 0.15) is 21.7 Å². The van der Waals surface area contributed by atoms with Crippen LogP contribution in [0.3, 0.4) is 0 Å². The molecule has 0 fully saturated rings. The summed E-state index contributed by atoms with van der Waals surface area (Å²) in [7, 11) is 1.26. The average molecular weight is 439 g/mol. The fourth-order valence-electron chi connectivity index (χ4n) is 2.64. The van der Waals surface area contributed by atoms with E-state index in [2.05, 4.69) is 9.72 Å². The second kappa shape index (κ2) is 8.83. The first-order chi connectivity index (χ1) is 14.2. The first kappa shape index (κ1) is 21.8. The number of methoxy groups -OCH3 is 1. The lowest BCUT2D eigenvalue weighted by molar-refractivity contribution is -0.140. The van der Waals surface area contributed by atoms with Crippen LogP contribution in [0.25, 0.3) is 10.6 Å². The molecule has 0 atom stereocenters. The van der Waals surface area contributed by atoms with E-state index in [1.165, 1.54) is 42.7 Å². The Balaban J connectivity index is 1.70. The predicted molar refractivity (Wildman–Crippen MR) is 104 cm³/mol. The average Bonchev–Trinajstić information content (AvgIpc) is 3.07. The van der Waals surface area contributed by atoms with E-state index >= 15 is 0 Å². The Hall–Kier alpha value is -2.94. The van der Waals surface area contributed by atoms with Gasteiger partial charge in [0, 0.05) is 5.56 Å². The highest BCUT2D eigenvalue weighted by Crippen LogP contribution is 2.33. The van der Waals surface area contributed by atoms with Crippen LogP contribution in [-0.2, 0) is 28.7 Å². The van der Waals surface area contributed by atoms with Gasteiger partial charge >= 0.3 is 12.1 Å². The van der Waals surface area contributed by atoms with Gasteiger partial charge in [-0.1, -0.05) is 18.2 Å². The van der Waals surface area contributed by atoms with Crippen LogP contribution in [0.4, 0.5) is 17.6 Å². The van der Waals surface area contributed by atoms with Crippen LogP contribution in [-0.4, -0.2) is 18.1 Å². The highest BCUT2D eigenvalue weighted by atomic mass is 32.1. The van der Waals surface area contributed by atoms with Crippen LogP contribution >= 0.6 is 11.3 Å². The molecule has 30 heavy (non-hydrogen) atoms. The Bertz CT molecular complexity index is 1050. The van der Waals surface area contributed by atoms with E-state index in [0.717, 1.165) is 17.0 Å². The lowest BCUT2D eigenvalue weighted by atomic mass is 10.1. The van der Waals surface area contributed by atoms with E-state index in [9.17, 15) is 22.4 Å². The molecule has 0 unspecified atom stereocenters. The summed E-state index contributed by atoms with van der Waals surface area (Å²) in [6, 6.07) is 8.96. The molecule has 2 aromatic carbocycles. The van der Waals surface area contributed by atoms with Gasteiger partial charge < -0.3 is 9.47 Å². The molecule has 0 aliphatic rings. The molecular weight excluding hydrogens is 422 g/mol. The number of thiazole rings is 1. The summed E-state index contributed by atoms with van der Waals surface area (Å²) in [4.78, 5) is 16.4. The Morgan fingerprint density at radius 3 is 2.43 bits per heavy atom. The number of nitrogens with zero attached hydrogens (tertiary/aromatic N) is 1. The molecule has 0 saturated heterocycles. The summed E-state index contributed by atoms with van der Waals surface area (Å²) in [5.74, 6) is -1.06. The minimum atomic E-state index is -4.40. The summed E-state index contributed by atoms with van der Waals surface area (Å²) in [5.41, 5.74) is 0.942. The molecule has 1 aromatic heterocycles. The van der Waals surface area contributed by atoms with Gasteiger partial charge in [-0.05, 0) is 36.8 Å². The lowest BCUT2D eigenvalue weighted by Gasteiger charge is -2.08. The molecule has 1 heterocycles. The highest BCUT2D eigenvalue weighted by Gasteiger charge is 2.30. The number of alkyl halides is 3. The number of hydrogen-bond donors (Lipinski definition) is 0. The maximum atomic E-state index is 14.2. The topological polar surface area (TPSA) is 48.4 Å². The molecule has 0 saturated carbocycles. The van der Waals surface area contributed by atoms with Crippen molar-refractivity contribution in [1.29, 1.82) is 0 Å². The molecule has 4 nitrogen and oxygen atoms in total. The molecule has 0 N–H and O–H groups in total. The van der Waals surface area contributed by atoms with Gasteiger partial charge in [-0.15, -0.1) is 11.3 Å². The summed E-state index contributed by atoms with van der Waals surface area (Å²) < 4.78 is 62.4. The van der Waals surface area contributed by atoms with Crippen molar-refractivity contribution in [2.45, 2.75) is 26.1 Å². The number of rotatable bonds is 6. The van der Waals surface area contributed by atoms with Crippen molar-refractivity contribution < 1.29 is 31.8 Å². The standard InChI is InChI=1S/C21H17F4NO3S/c1-12-18(11-29-17-8-3-13(9-16(17)22)10-19(27)28-2)30-20(26-12)14-4-6-15(7-5-14)21(23,24)25/h3-9H,10-11H2,1-2H3. The third-order valence-corrected chi connectivity index (χ3v) is 5.46. The van der Waals surface area contributed by atoms with Gasteiger partial charge in [0.15, 0.2) is 11.6 Å².